The fourth-order valence-corrected chi connectivity index (χ4v) is 24.4. The fourth-order valence-electron chi connectivity index (χ4n) is 13.6. The molecule has 7 aliphatic rings. The van der Waals surface area contributed by atoms with E-state index in [4.69, 9.17) is 34.9 Å². The van der Waals surface area contributed by atoms with Crippen LogP contribution in [0.1, 0.15) is 121 Å². The largest absolute Gasteiger partial charge is 2.00 e. The summed E-state index contributed by atoms with van der Waals surface area (Å²) in [4.78, 5) is 131. The zero-order valence-corrected chi connectivity index (χ0v) is 78.8. The minimum Gasteiger partial charge on any atom is -0.416 e. The molecule has 0 aliphatic carbocycles. The van der Waals surface area contributed by atoms with Crippen LogP contribution in [-0.4, -0.2) is 289 Å². The van der Waals surface area contributed by atoms with Gasteiger partial charge in [0.1, 0.15) is 19.3 Å². The van der Waals surface area contributed by atoms with Crippen molar-refractivity contribution >= 4 is 178 Å². The molecule has 4 aromatic carbocycles. The maximum Gasteiger partial charge on any atom is 2.00 e. The van der Waals surface area contributed by atoms with Gasteiger partial charge in [0, 0.05) is 104 Å². The molecule has 7 aliphatic heterocycles. The number of alkyl halides is 10. The molecule has 59 heteroatoms. The Balaban J connectivity index is 0.000000211. The number of carbonyl (C=O) groups is 8. The molecule has 6 aromatic rings. The van der Waals surface area contributed by atoms with Crippen LogP contribution in [0, 0.1) is 0 Å². The van der Waals surface area contributed by atoms with Crippen molar-refractivity contribution in [1.29, 1.82) is 0 Å². The number of unbranched alkanes of at least 4 members (excludes halogenated alkanes) is 4. The second kappa shape index (κ2) is 40.2. The number of nitrogens with zero attached hydrogens (tertiary/aromatic N) is 15. The summed E-state index contributed by atoms with van der Waals surface area (Å²) >= 11 is 0. The third-order valence-corrected chi connectivity index (χ3v) is 32.6. The average molecular weight is 2090 g/mol. The van der Waals surface area contributed by atoms with Crippen molar-refractivity contribution in [1.82, 2.24) is 44.4 Å². The molecule has 40 nitrogen and oxygen atoms in total. The number of amidine groups is 3. The summed E-state index contributed by atoms with van der Waals surface area (Å²) in [7, 11) is -36.7. The topological polar surface area (TPSA) is 538 Å². The molecule has 732 valence electrons. The second-order valence-electron chi connectivity index (χ2n) is 29.9. The molecule has 5 unspecified atom stereocenters. The van der Waals surface area contributed by atoms with Gasteiger partial charge in [-0.05, 0) is 66.6 Å². The van der Waals surface area contributed by atoms with Gasteiger partial charge in [-0.25, -0.2) is 73.1 Å². The van der Waals surface area contributed by atoms with Gasteiger partial charge >= 0.3 is 81.5 Å². The number of fused-ring (bicyclic) bond motifs is 18. The number of halogens is 10. The number of rotatable bonds is 22. The maximum atomic E-state index is 13.3. The number of sulfone groups is 4. The average Bonchev–Trinajstić information content (AvgIpc) is 1.51. The first kappa shape index (κ1) is 108. The van der Waals surface area contributed by atoms with E-state index in [9.17, 15) is 150 Å². The summed E-state index contributed by atoms with van der Waals surface area (Å²) in [6.45, 7) is 2.13. The van der Waals surface area contributed by atoms with E-state index in [1.54, 1.807) is 27.7 Å². The summed E-state index contributed by atoms with van der Waals surface area (Å²) in [5, 5.41) is -2.07. The van der Waals surface area contributed by atoms with Crippen LogP contribution in [-0.2, 0) is 135 Å². The maximum absolute atomic E-state index is 13.3. The molecular formula is C74H84F10N16NiO24S8. The number of amides is 8. The molecule has 8 amide bonds. The summed E-state index contributed by atoms with van der Waals surface area (Å²) in [5.41, 5.74) is 4.95. The Morgan fingerprint density at radius 2 is 0.632 bits per heavy atom. The number of carbonyl (C=O) groups excluding carboxylic acids is 8. The van der Waals surface area contributed by atoms with Crippen molar-refractivity contribution in [2.45, 2.75) is 144 Å². The number of nitrogens with one attached hydrogen (secondary N) is 1. The summed E-state index contributed by atoms with van der Waals surface area (Å²) < 4.78 is 318. The van der Waals surface area contributed by atoms with Crippen LogP contribution >= 0.6 is 0 Å². The number of aliphatic imine (C=N–C) groups is 3. The first-order valence-corrected chi connectivity index (χ1v) is 52.8. The number of aromatic nitrogens is 2. The Morgan fingerprint density at radius 3 is 0.955 bits per heavy atom. The zero-order chi connectivity index (χ0) is 99.1. The number of hydrogen-bond acceptors (Lipinski definition) is 30. The number of hydrogen-bond donors (Lipinski definition) is 1. The van der Waals surface area contributed by atoms with Crippen molar-refractivity contribution in [3.8, 4) is 0 Å². The quantitative estimate of drug-likeness (QED) is 0.0577. The van der Waals surface area contributed by atoms with Crippen LogP contribution in [0.15, 0.2) is 122 Å². The Labute approximate surface area is 765 Å². The van der Waals surface area contributed by atoms with Gasteiger partial charge in [0.25, 0.3) is 47.3 Å². The third-order valence-electron chi connectivity index (χ3n) is 20.2. The number of anilines is 1. The molecule has 2 aromatic heterocycles. The third kappa shape index (κ3) is 21.9. The molecule has 133 heavy (non-hydrogen) atoms. The van der Waals surface area contributed by atoms with E-state index in [0.717, 1.165) is 56.3 Å². The summed E-state index contributed by atoms with van der Waals surface area (Å²) in [5.74, 6) is -20.8. The van der Waals surface area contributed by atoms with E-state index in [1.165, 1.54) is 13.8 Å². The van der Waals surface area contributed by atoms with Gasteiger partial charge < -0.3 is 30.3 Å². The van der Waals surface area contributed by atoms with Crippen LogP contribution in [0.25, 0.3) is 21.5 Å². The molecule has 0 saturated carbocycles. The van der Waals surface area contributed by atoms with Crippen molar-refractivity contribution in [3.05, 3.63) is 130 Å². The molecule has 9 heterocycles. The van der Waals surface area contributed by atoms with Crippen LogP contribution in [0.4, 0.5) is 55.5 Å². The van der Waals surface area contributed by atoms with E-state index in [2.05, 4.69) is 11.4 Å². The predicted octanol–water partition coefficient (Wildman–Crippen LogP) is 3.46. The molecule has 4 fully saturated rings. The van der Waals surface area contributed by atoms with Gasteiger partial charge in [-0.1, -0.05) is 150 Å². The van der Waals surface area contributed by atoms with E-state index in [-0.39, 0.29) is 83.1 Å². The van der Waals surface area contributed by atoms with Crippen molar-refractivity contribution in [2.24, 2.45) is 25.0 Å². The Bertz CT molecular complexity index is 6630. The van der Waals surface area contributed by atoms with Crippen LogP contribution in [0.2, 0.25) is 0 Å². The Morgan fingerprint density at radius 1 is 0.353 bits per heavy atom. The van der Waals surface area contributed by atoms with Gasteiger partial charge in [-0.2, -0.15) is 77.6 Å². The molecule has 1 N–H and O–H groups in total. The first-order valence-electron chi connectivity index (χ1n) is 39.4. The Kier molecular flexibility index (Phi) is 32.6. The van der Waals surface area contributed by atoms with Crippen LogP contribution < -0.4 is 26.3 Å². The smallest absolute Gasteiger partial charge is 0.416 e. The monoisotopic (exact) mass is 2080 g/mol. The molecule has 13 rings (SSSR count). The normalized spacial score (nSPS) is 20.7. The standard InChI is InChI=1S/C32H18N8.2C11H15F5N2O6S2.2C10H18N2O6S2.Ni/c1-2-10-18-17(9-1)25-33-26(18)38-28-21-13-5-6-14-22(21)30(35-28)40-32-24-16-8-7-15-23(24)31(36-32)39-29-20-12-4-3-11-19(20)27(34-29)37-25;2*1-3-4-5-17-8(19)7(25(2,21)22)9(20)18(26(17,23)24)6-10(12,13)11(14,15)16;2*1-4-6-7-12-10(14)8(19(3,15)16)9(13)11(5-2)20(12,17)18;/h1-16,25,37H;2*7H,3-6H2,1-2H3;2*8H,4-7H2,1-3H3;/q-2;;;;;+2. The molecule has 0 spiro atoms. The molecular weight excluding hydrogens is 2000 g/mol. The SMILES string of the molecule is CCCCN1C(=O)C(S(C)(=O)=O)C(=O)N(CC(F)(F)C(F)(F)F)S1(=O)=O.CCCCN1C(=O)C(S(C)(=O)=O)C(=O)N(CC(F)(F)C(F)(F)F)S1(=O)=O.CCCCN1C(=O)C(S(C)(=O)=O)C(=O)N(CC)S1(=O)=O.CCCCN1C(=O)C(S(C)(=O)=O)C(=O)N(CC)S1(=O)=O.[Ni+2].c1ccc2c(c1)C1=NC2=Nc2[n-]c(c3ccccc23)NC2N=C(N=c3[n-]c(c4ccccc34)=N1)c1ccccc12. The second-order valence-corrected chi connectivity index (χ2v) is 45.5. The van der Waals surface area contributed by atoms with Crippen molar-refractivity contribution in [3.63, 3.8) is 0 Å². The minimum atomic E-state index is -6.20. The predicted molar refractivity (Wildman–Crippen MR) is 452 cm³/mol. The van der Waals surface area contributed by atoms with E-state index >= 15 is 0 Å². The van der Waals surface area contributed by atoms with E-state index < -0.39 is 207 Å². The molecule has 8 bridgehead atoms. The Hall–Kier alpha value is -10.5. The van der Waals surface area contributed by atoms with Gasteiger partial charge in [-0.15, -0.1) is 0 Å². The fraction of sp³-hybridized carbons (Fsp3) is 0.473. The zero-order valence-electron chi connectivity index (χ0n) is 71.3. The first-order chi connectivity index (χ1) is 60.9. The van der Waals surface area contributed by atoms with Crippen LogP contribution in [0.3, 0.4) is 0 Å². The van der Waals surface area contributed by atoms with Gasteiger partial charge in [-0.3, -0.25) is 43.3 Å². The van der Waals surface area contributed by atoms with Gasteiger partial charge in [0.05, 0.1) is 17.5 Å². The van der Waals surface area contributed by atoms with E-state index in [0.29, 0.717) is 95.5 Å². The molecule has 0 radical (unpaired) electrons. The van der Waals surface area contributed by atoms with Crippen LogP contribution in [0.5, 0.6) is 0 Å². The summed E-state index contributed by atoms with van der Waals surface area (Å²) in [6.07, 6.45) is -7.96. The van der Waals surface area contributed by atoms with Crippen molar-refractivity contribution in [2.75, 3.05) is 82.7 Å². The molecule has 5 atom stereocenters. The minimum absolute atomic E-state index is 0. The van der Waals surface area contributed by atoms with Gasteiger partial charge in [0.2, 0.25) is 21.0 Å². The van der Waals surface area contributed by atoms with E-state index in [1.807, 2.05) is 91.0 Å². The van der Waals surface area contributed by atoms with Crippen molar-refractivity contribution < 1.29 is 166 Å². The number of benzene rings is 4. The molecule has 4 saturated heterocycles. The summed E-state index contributed by atoms with van der Waals surface area (Å²) in [6, 6.07) is 32.2. The van der Waals surface area contributed by atoms with Gasteiger partial charge in [0.15, 0.2) is 39.3 Å².